The lowest BCUT2D eigenvalue weighted by molar-refractivity contribution is 0.102. The summed E-state index contributed by atoms with van der Waals surface area (Å²) >= 11 is 0. The minimum Gasteiger partial charge on any atom is -0.443 e. The molecule has 10 heteroatoms. The first-order chi connectivity index (χ1) is 12.9. The predicted octanol–water partition coefficient (Wildman–Crippen LogP) is 2.27. The topological polar surface area (TPSA) is 116 Å². The zero-order valence-corrected chi connectivity index (χ0v) is 15.6. The van der Waals surface area contributed by atoms with Crippen LogP contribution in [0.3, 0.4) is 0 Å². The Morgan fingerprint density at radius 3 is 2.93 bits per heavy atom. The van der Waals surface area contributed by atoms with Gasteiger partial charge >= 0.3 is 10.1 Å². The van der Waals surface area contributed by atoms with Gasteiger partial charge in [-0.1, -0.05) is 35.5 Å². The van der Waals surface area contributed by atoms with Gasteiger partial charge in [-0.25, -0.2) is 4.98 Å². The average molecular weight is 390 g/mol. The Morgan fingerprint density at radius 2 is 2.19 bits per heavy atom. The van der Waals surface area contributed by atoms with E-state index < -0.39 is 16.0 Å². The number of carbonyl (C=O) groups is 1. The van der Waals surface area contributed by atoms with Gasteiger partial charge in [0, 0.05) is 5.56 Å². The number of carbonyl (C=O) groups excluding carboxylic acids is 1. The van der Waals surface area contributed by atoms with E-state index in [0.29, 0.717) is 12.2 Å². The van der Waals surface area contributed by atoms with Crippen molar-refractivity contribution < 1.29 is 21.9 Å². The van der Waals surface area contributed by atoms with Crippen molar-refractivity contribution in [3.8, 4) is 11.3 Å². The van der Waals surface area contributed by atoms with Crippen molar-refractivity contribution in [1.82, 2.24) is 14.9 Å². The molecule has 1 amide bonds. The number of nitrogens with zero attached hydrogens (tertiary/aromatic N) is 3. The highest BCUT2D eigenvalue weighted by Gasteiger charge is 2.19. The zero-order valence-electron chi connectivity index (χ0n) is 14.7. The Bertz CT molecular complexity index is 1050. The molecule has 9 nitrogen and oxygen atoms in total. The van der Waals surface area contributed by atoms with Crippen LogP contribution in [0.2, 0.25) is 0 Å². The largest absolute Gasteiger partial charge is 0.443 e. The number of hydrogen-bond donors (Lipinski definition) is 1. The summed E-state index contributed by atoms with van der Waals surface area (Å²) in [5, 5.41) is 6.35. The fourth-order valence-corrected chi connectivity index (χ4v) is 3.29. The van der Waals surface area contributed by atoms with Crippen LogP contribution in [0.5, 0.6) is 0 Å². The standard InChI is InChI=1S/C17H18N4O5S/c1-3-7-27(23,24)26-21-10-14(9-19-21)20-17(22)15-16(25-11-18-15)13-6-4-5-12(2)8-13/h4-6,8-11H,3,7H2,1-2H3,(H,20,22). The molecule has 0 aliphatic heterocycles. The molecule has 3 aromatic rings. The third-order valence-electron chi connectivity index (χ3n) is 3.52. The summed E-state index contributed by atoms with van der Waals surface area (Å²) in [6.07, 6.45) is 4.13. The maximum absolute atomic E-state index is 12.5. The number of nitrogens with one attached hydrogen (secondary N) is 1. The van der Waals surface area contributed by atoms with Crippen molar-refractivity contribution in [3.63, 3.8) is 0 Å². The zero-order chi connectivity index (χ0) is 19.4. The highest BCUT2D eigenvalue weighted by atomic mass is 32.2. The van der Waals surface area contributed by atoms with Gasteiger partial charge in [0.2, 0.25) is 0 Å². The third kappa shape index (κ3) is 4.53. The number of aromatic nitrogens is 3. The van der Waals surface area contributed by atoms with Gasteiger partial charge in [-0.15, -0.1) is 5.10 Å². The van der Waals surface area contributed by atoms with Crippen LogP contribution in [0.1, 0.15) is 29.4 Å². The maximum Gasteiger partial charge on any atom is 0.328 e. The average Bonchev–Trinajstić information content (AvgIpc) is 3.23. The van der Waals surface area contributed by atoms with Crippen LogP contribution < -0.4 is 9.60 Å². The second kappa shape index (κ2) is 7.62. The molecule has 0 bridgehead atoms. The van der Waals surface area contributed by atoms with Crippen LogP contribution in [0.4, 0.5) is 5.69 Å². The first-order valence-electron chi connectivity index (χ1n) is 8.17. The van der Waals surface area contributed by atoms with Gasteiger partial charge < -0.3 is 9.73 Å². The van der Waals surface area contributed by atoms with Gasteiger partial charge in [-0.05, 0) is 19.4 Å². The van der Waals surface area contributed by atoms with E-state index in [2.05, 4.69) is 15.4 Å². The number of rotatable bonds is 7. The van der Waals surface area contributed by atoms with E-state index >= 15 is 0 Å². The van der Waals surface area contributed by atoms with Gasteiger partial charge in [0.05, 0.1) is 23.8 Å². The van der Waals surface area contributed by atoms with Crippen LogP contribution >= 0.6 is 0 Å². The summed E-state index contributed by atoms with van der Waals surface area (Å²) in [6, 6.07) is 7.48. The minimum atomic E-state index is -3.73. The fourth-order valence-electron chi connectivity index (χ4n) is 2.40. The molecule has 0 saturated heterocycles. The van der Waals surface area contributed by atoms with Crippen molar-refractivity contribution in [2.24, 2.45) is 0 Å². The summed E-state index contributed by atoms with van der Waals surface area (Å²) in [5.41, 5.74) is 2.10. The molecule has 0 unspecified atom stereocenters. The smallest absolute Gasteiger partial charge is 0.328 e. The Hall–Kier alpha value is -3.14. The summed E-state index contributed by atoms with van der Waals surface area (Å²) in [6.45, 7) is 3.65. The lowest BCUT2D eigenvalue weighted by Crippen LogP contribution is -2.23. The molecule has 0 radical (unpaired) electrons. The van der Waals surface area contributed by atoms with E-state index in [0.717, 1.165) is 16.0 Å². The van der Waals surface area contributed by atoms with Gasteiger partial charge in [0.1, 0.15) is 0 Å². The van der Waals surface area contributed by atoms with E-state index in [1.165, 1.54) is 18.8 Å². The van der Waals surface area contributed by atoms with Crippen LogP contribution in [0.15, 0.2) is 47.5 Å². The van der Waals surface area contributed by atoms with Gasteiger partial charge in [-0.3, -0.25) is 9.08 Å². The highest BCUT2D eigenvalue weighted by Crippen LogP contribution is 2.24. The first-order valence-corrected chi connectivity index (χ1v) is 9.75. The lowest BCUT2D eigenvalue weighted by atomic mass is 10.1. The van der Waals surface area contributed by atoms with Crippen LogP contribution in [0, 0.1) is 6.92 Å². The summed E-state index contributed by atoms with van der Waals surface area (Å²) in [4.78, 5) is 17.3. The summed E-state index contributed by atoms with van der Waals surface area (Å²) in [5.74, 6) is -0.311. The normalized spacial score (nSPS) is 11.3. The number of anilines is 1. The first kappa shape index (κ1) is 18.6. The molecule has 2 aromatic heterocycles. The molecule has 0 aliphatic carbocycles. The van der Waals surface area contributed by atoms with Crippen molar-refractivity contribution in [2.75, 3.05) is 11.1 Å². The van der Waals surface area contributed by atoms with Crippen molar-refractivity contribution in [2.45, 2.75) is 20.3 Å². The second-order valence-corrected chi connectivity index (χ2v) is 7.49. The van der Waals surface area contributed by atoms with Gasteiger partial charge in [0.25, 0.3) is 5.91 Å². The Kier molecular flexibility index (Phi) is 5.26. The Labute approximate surface area is 156 Å². The van der Waals surface area contributed by atoms with Crippen molar-refractivity contribution in [3.05, 3.63) is 54.3 Å². The number of amides is 1. The minimum absolute atomic E-state index is 0.105. The molecule has 142 valence electrons. The molecule has 0 atom stereocenters. The Morgan fingerprint density at radius 1 is 1.37 bits per heavy atom. The predicted molar refractivity (Wildman–Crippen MR) is 97.5 cm³/mol. The molecule has 2 heterocycles. The molecule has 0 fully saturated rings. The van der Waals surface area contributed by atoms with Gasteiger partial charge in [0.15, 0.2) is 17.8 Å². The molecular formula is C17H18N4O5S. The maximum atomic E-state index is 12.5. The number of benzene rings is 1. The molecule has 0 spiro atoms. The van der Waals surface area contributed by atoms with Crippen molar-refractivity contribution >= 4 is 21.7 Å². The molecule has 27 heavy (non-hydrogen) atoms. The number of oxazole rings is 1. The van der Waals surface area contributed by atoms with E-state index in [-0.39, 0.29) is 17.1 Å². The summed E-state index contributed by atoms with van der Waals surface area (Å²) in [7, 11) is -3.73. The number of hydrogen-bond acceptors (Lipinski definition) is 7. The van der Waals surface area contributed by atoms with E-state index in [9.17, 15) is 13.2 Å². The van der Waals surface area contributed by atoms with E-state index in [1.807, 2.05) is 31.2 Å². The highest BCUT2D eigenvalue weighted by molar-refractivity contribution is 7.86. The molecular weight excluding hydrogens is 372 g/mol. The summed E-state index contributed by atoms with van der Waals surface area (Å²) < 4.78 is 33.5. The molecule has 1 aromatic carbocycles. The monoisotopic (exact) mass is 390 g/mol. The van der Waals surface area contributed by atoms with Gasteiger partial charge in [-0.2, -0.15) is 8.42 Å². The Balaban J connectivity index is 1.75. The number of aryl methyl sites for hydroxylation is 1. The molecule has 3 rings (SSSR count). The quantitative estimate of drug-likeness (QED) is 0.658. The van der Waals surface area contributed by atoms with E-state index in [1.54, 1.807) is 6.92 Å². The van der Waals surface area contributed by atoms with Crippen molar-refractivity contribution in [1.29, 1.82) is 0 Å². The second-order valence-electron chi connectivity index (χ2n) is 5.82. The SMILES string of the molecule is CCCS(=O)(=O)On1cc(NC(=O)c2ncoc2-c2cccc(C)c2)cn1. The van der Waals surface area contributed by atoms with Crippen LogP contribution in [0.25, 0.3) is 11.3 Å². The fraction of sp³-hybridized carbons (Fsp3) is 0.235. The lowest BCUT2D eigenvalue weighted by Gasteiger charge is -2.04. The van der Waals surface area contributed by atoms with Crippen LogP contribution in [-0.4, -0.2) is 35.0 Å². The third-order valence-corrected chi connectivity index (χ3v) is 4.81. The molecule has 0 saturated carbocycles. The molecule has 1 N–H and O–H groups in total. The van der Waals surface area contributed by atoms with Crippen LogP contribution in [-0.2, 0) is 10.1 Å². The molecule has 0 aliphatic rings. The van der Waals surface area contributed by atoms with E-state index in [4.69, 9.17) is 8.70 Å².